The molecule has 0 fully saturated rings. The zero-order chi connectivity index (χ0) is 20.2. The molecule has 27 heavy (non-hydrogen) atoms. The lowest BCUT2D eigenvalue weighted by molar-refractivity contribution is -0.134. The van der Waals surface area contributed by atoms with E-state index in [4.69, 9.17) is 21.1 Å². The van der Waals surface area contributed by atoms with Crippen LogP contribution < -0.4 is 9.47 Å². The van der Waals surface area contributed by atoms with Crippen LogP contribution in [0.25, 0.3) is 0 Å². The van der Waals surface area contributed by atoms with Crippen molar-refractivity contribution in [3.8, 4) is 17.5 Å². The third-order valence-electron chi connectivity index (χ3n) is 2.69. The minimum Gasteiger partial charge on any atom is -0.473 e. The van der Waals surface area contributed by atoms with Crippen molar-refractivity contribution in [1.82, 2.24) is 4.98 Å². The van der Waals surface area contributed by atoms with E-state index in [0.717, 1.165) is 12.1 Å². The third kappa shape index (κ3) is 7.51. The Balaban J connectivity index is 2.03. The average molecular weight is 450 g/mol. The monoisotopic (exact) mass is 449 g/mol. The summed E-state index contributed by atoms with van der Waals surface area (Å²) in [5.74, 6) is -0.0360. The van der Waals surface area contributed by atoms with Gasteiger partial charge in [0.1, 0.15) is 17.2 Å². The Morgan fingerprint density at radius 2 is 1.85 bits per heavy atom. The molecule has 0 N–H and O–H groups in total. The molecule has 12 heteroatoms. The van der Waals surface area contributed by atoms with Crippen molar-refractivity contribution < 1.29 is 35.8 Å². The molecule has 0 bridgehead atoms. The SMILES string of the molecule is Cc1cc(OC/C=C(\Cl)SC(F)(F)F)nc(Oc2csc(C(F)(F)F)c2)c1. The van der Waals surface area contributed by atoms with E-state index in [2.05, 4.69) is 4.98 Å². The molecule has 0 aliphatic carbocycles. The normalized spacial score (nSPS) is 13.0. The van der Waals surface area contributed by atoms with Gasteiger partial charge in [-0.25, -0.2) is 0 Å². The van der Waals surface area contributed by atoms with E-state index in [1.54, 1.807) is 6.92 Å². The van der Waals surface area contributed by atoms with Gasteiger partial charge >= 0.3 is 11.7 Å². The molecule has 2 aromatic rings. The second-order valence-electron chi connectivity index (χ2n) is 4.93. The van der Waals surface area contributed by atoms with Crippen LogP contribution in [0.1, 0.15) is 10.4 Å². The van der Waals surface area contributed by atoms with Crippen LogP contribution in [-0.2, 0) is 6.18 Å². The molecule has 0 aliphatic heterocycles. The minimum absolute atomic E-state index is 0.0173. The summed E-state index contributed by atoms with van der Waals surface area (Å²) < 4.78 is 84.2. The number of aryl methyl sites for hydroxylation is 1. The molecule has 0 atom stereocenters. The highest BCUT2D eigenvalue weighted by Gasteiger charge is 2.33. The molecule has 2 aromatic heterocycles. The summed E-state index contributed by atoms with van der Waals surface area (Å²) in [6, 6.07) is 3.80. The molecule has 2 rings (SSSR count). The van der Waals surface area contributed by atoms with Crippen molar-refractivity contribution in [2.45, 2.75) is 18.6 Å². The van der Waals surface area contributed by atoms with Crippen molar-refractivity contribution in [2.75, 3.05) is 6.61 Å². The molecule has 2 heterocycles. The highest BCUT2D eigenvalue weighted by Crippen LogP contribution is 2.39. The summed E-state index contributed by atoms with van der Waals surface area (Å²) in [5, 5.41) is 1.18. The zero-order valence-corrected chi connectivity index (χ0v) is 15.7. The quantitative estimate of drug-likeness (QED) is 0.445. The summed E-state index contributed by atoms with van der Waals surface area (Å²) >= 11 is 5.42. The highest BCUT2D eigenvalue weighted by molar-refractivity contribution is 8.05. The Kier molecular flexibility index (Phi) is 6.92. The van der Waals surface area contributed by atoms with Gasteiger partial charge in [-0.15, -0.1) is 11.3 Å². The molecular formula is C15H10ClF6NO2S2. The Labute approximate surface area is 162 Å². The molecule has 0 spiro atoms. The fourth-order valence-corrected chi connectivity index (χ4v) is 3.09. The number of hydrogen-bond donors (Lipinski definition) is 0. The lowest BCUT2D eigenvalue weighted by Gasteiger charge is -2.08. The van der Waals surface area contributed by atoms with E-state index in [1.165, 1.54) is 17.5 Å². The fraction of sp³-hybridized carbons (Fsp3) is 0.267. The molecule has 0 saturated carbocycles. The maximum atomic E-state index is 12.6. The van der Waals surface area contributed by atoms with Crippen LogP contribution in [0.5, 0.6) is 17.5 Å². The van der Waals surface area contributed by atoms with Crippen LogP contribution in [0.3, 0.4) is 0 Å². The van der Waals surface area contributed by atoms with Crippen LogP contribution in [0, 0.1) is 6.92 Å². The van der Waals surface area contributed by atoms with Crippen molar-refractivity contribution in [3.63, 3.8) is 0 Å². The third-order valence-corrected chi connectivity index (χ3v) is 4.62. The predicted octanol–water partition coefficient (Wildman–Crippen LogP) is 6.97. The Morgan fingerprint density at radius 3 is 2.44 bits per heavy atom. The van der Waals surface area contributed by atoms with E-state index >= 15 is 0 Å². The number of alkyl halides is 6. The first-order valence-electron chi connectivity index (χ1n) is 6.99. The largest absolute Gasteiger partial charge is 0.473 e. The van der Waals surface area contributed by atoms with Crippen molar-refractivity contribution >= 4 is 34.7 Å². The Hall–Kier alpha value is -1.59. The average Bonchev–Trinajstić information content (AvgIpc) is 2.93. The summed E-state index contributed by atoms with van der Waals surface area (Å²) in [5.41, 5.74) is -3.88. The van der Waals surface area contributed by atoms with E-state index in [1.807, 2.05) is 0 Å². The first-order chi connectivity index (χ1) is 12.4. The van der Waals surface area contributed by atoms with Gasteiger partial charge in [0.05, 0.1) is 4.36 Å². The second-order valence-corrected chi connectivity index (χ2v) is 7.58. The van der Waals surface area contributed by atoms with E-state index < -0.39 is 32.7 Å². The van der Waals surface area contributed by atoms with Gasteiger partial charge in [0, 0.05) is 23.6 Å². The number of nitrogens with zero attached hydrogens (tertiary/aromatic N) is 1. The maximum Gasteiger partial charge on any atom is 0.447 e. The predicted molar refractivity (Wildman–Crippen MR) is 91.4 cm³/mol. The summed E-state index contributed by atoms with van der Waals surface area (Å²) in [6.45, 7) is 1.38. The number of ether oxygens (including phenoxy) is 2. The lowest BCUT2D eigenvalue weighted by Crippen LogP contribution is -2.01. The summed E-state index contributed by atoms with van der Waals surface area (Å²) in [6.07, 6.45) is -3.46. The topological polar surface area (TPSA) is 31.4 Å². The van der Waals surface area contributed by atoms with Gasteiger partial charge < -0.3 is 9.47 Å². The molecule has 0 saturated heterocycles. The van der Waals surface area contributed by atoms with Gasteiger partial charge in [0.25, 0.3) is 0 Å². The summed E-state index contributed by atoms with van der Waals surface area (Å²) in [7, 11) is 0. The van der Waals surface area contributed by atoms with E-state index in [0.29, 0.717) is 16.9 Å². The lowest BCUT2D eigenvalue weighted by atomic mass is 10.3. The Morgan fingerprint density at radius 1 is 1.19 bits per heavy atom. The van der Waals surface area contributed by atoms with Crippen LogP contribution in [0.15, 0.2) is 34.0 Å². The molecule has 0 aromatic carbocycles. The fourth-order valence-electron chi connectivity index (χ4n) is 1.72. The van der Waals surface area contributed by atoms with E-state index in [9.17, 15) is 26.3 Å². The number of pyridine rings is 1. The molecule has 0 amide bonds. The van der Waals surface area contributed by atoms with Crippen molar-refractivity contribution in [1.29, 1.82) is 0 Å². The van der Waals surface area contributed by atoms with E-state index in [-0.39, 0.29) is 24.1 Å². The van der Waals surface area contributed by atoms with Gasteiger partial charge in [-0.05, 0) is 30.3 Å². The molecular weight excluding hydrogens is 440 g/mol. The molecule has 0 aliphatic rings. The molecule has 0 unspecified atom stereocenters. The minimum atomic E-state index is -4.51. The smallest absolute Gasteiger partial charge is 0.447 e. The van der Waals surface area contributed by atoms with Gasteiger partial charge in [0.2, 0.25) is 11.8 Å². The number of halogens is 7. The summed E-state index contributed by atoms with van der Waals surface area (Å²) in [4.78, 5) is 3.13. The maximum absolute atomic E-state index is 12.6. The molecule has 3 nitrogen and oxygen atoms in total. The number of thiophene rings is 1. The Bertz CT molecular complexity index is 819. The number of hydrogen-bond acceptors (Lipinski definition) is 5. The van der Waals surface area contributed by atoms with Crippen LogP contribution in [-0.4, -0.2) is 17.1 Å². The van der Waals surface area contributed by atoms with Crippen LogP contribution >= 0.6 is 34.7 Å². The van der Waals surface area contributed by atoms with Crippen LogP contribution in [0.4, 0.5) is 26.3 Å². The van der Waals surface area contributed by atoms with Crippen molar-refractivity contribution in [2.24, 2.45) is 0 Å². The van der Waals surface area contributed by atoms with Gasteiger partial charge in [-0.1, -0.05) is 11.6 Å². The molecule has 0 radical (unpaired) electrons. The zero-order valence-electron chi connectivity index (χ0n) is 13.3. The number of aromatic nitrogens is 1. The first kappa shape index (κ1) is 21.7. The van der Waals surface area contributed by atoms with Crippen LogP contribution in [0.2, 0.25) is 0 Å². The van der Waals surface area contributed by atoms with Gasteiger partial charge in [-0.2, -0.15) is 31.3 Å². The van der Waals surface area contributed by atoms with Gasteiger partial charge in [-0.3, -0.25) is 0 Å². The molecule has 148 valence electrons. The second kappa shape index (κ2) is 8.61. The van der Waals surface area contributed by atoms with Crippen molar-refractivity contribution in [3.05, 3.63) is 44.5 Å². The highest BCUT2D eigenvalue weighted by atomic mass is 35.5. The number of rotatable bonds is 6. The number of thioether (sulfide) groups is 1. The standard InChI is InChI=1S/C15H10ClF6NO2S2/c1-8-4-12(24-3-2-11(16)27-15(20,21)22)23-13(5-8)25-9-6-10(26-7-9)14(17,18)19/h2,4-7H,3H2,1H3/b11-2+. The van der Waals surface area contributed by atoms with Gasteiger partial charge in [0.15, 0.2) is 0 Å². The first-order valence-corrected chi connectivity index (χ1v) is 9.06.